The molecule has 4 nitrogen and oxygen atoms in total. The van der Waals surface area contributed by atoms with Crippen molar-refractivity contribution < 1.29 is 15.0 Å². The Bertz CT molecular complexity index is 557. The van der Waals surface area contributed by atoms with Crippen molar-refractivity contribution >= 4 is 5.91 Å². The zero-order chi connectivity index (χ0) is 14.5. The fourth-order valence-electron chi connectivity index (χ4n) is 2.31. The third-order valence-electron chi connectivity index (χ3n) is 3.24. The van der Waals surface area contributed by atoms with Gasteiger partial charge in [-0.1, -0.05) is 11.8 Å². The molecule has 0 spiro atoms. The molecule has 1 atom stereocenters. The van der Waals surface area contributed by atoms with Gasteiger partial charge in [0, 0.05) is 30.6 Å². The number of nitrogens with zero attached hydrogens (tertiary/aromatic N) is 1. The first-order chi connectivity index (χ1) is 9.60. The maximum atomic E-state index is 12.4. The van der Waals surface area contributed by atoms with Crippen molar-refractivity contribution in [2.75, 3.05) is 19.7 Å². The van der Waals surface area contributed by atoms with Gasteiger partial charge in [-0.15, -0.1) is 0 Å². The predicted molar refractivity (Wildman–Crippen MR) is 76.3 cm³/mol. The summed E-state index contributed by atoms with van der Waals surface area (Å²) >= 11 is 0. The minimum Gasteiger partial charge on any atom is -0.395 e. The van der Waals surface area contributed by atoms with Crippen molar-refractivity contribution in [1.82, 2.24) is 4.90 Å². The largest absolute Gasteiger partial charge is 0.395 e. The molecule has 0 aliphatic carbocycles. The number of hydrogen-bond donors (Lipinski definition) is 2. The summed E-state index contributed by atoms with van der Waals surface area (Å²) < 4.78 is 0. The minimum absolute atomic E-state index is 0.0380. The molecule has 0 radical (unpaired) electrons. The highest BCUT2D eigenvalue weighted by Crippen LogP contribution is 2.16. The highest BCUT2D eigenvalue weighted by atomic mass is 16.3. The lowest BCUT2D eigenvalue weighted by Crippen LogP contribution is -2.29. The molecule has 106 valence electrons. The Morgan fingerprint density at radius 2 is 2.25 bits per heavy atom. The minimum atomic E-state index is -0.410. The summed E-state index contributed by atoms with van der Waals surface area (Å²) in [6.07, 6.45) is 0.656. The first-order valence-corrected chi connectivity index (χ1v) is 6.79. The first-order valence-electron chi connectivity index (χ1n) is 6.79. The molecule has 2 N–H and O–H groups in total. The average molecular weight is 273 g/mol. The number of amides is 1. The van der Waals surface area contributed by atoms with Gasteiger partial charge in [-0.05, 0) is 37.1 Å². The van der Waals surface area contributed by atoms with E-state index in [0.29, 0.717) is 31.5 Å². The van der Waals surface area contributed by atoms with Crippen LogP contribution >= 0.6 is 0 Å². The maximum absolute atomic E-state index is 12.4. The van der Waals surface area contributed by atoms with Crippen LogP contribution in [0.15, 0.2) is 18.2 Å². The van der Waals surface area contributed by atoms with E-state index in [9.17, 15) is 9.90 Å². The highest BCUT2D eigenvalue weighted by Gasteiger charge is 2.25. The molecular weight excluding hydrogens is 254 g/mol. The topological polar surface area (TPSA) is 60.8 Å². The molecule has 1 amide bonds. The van der Waals surface area contributed by atoms with E-state index in [4.69, 9.17) is 5.11 Å². The molecule has 1 fully saturated rings. The van der Waals surface area contributed by atoms with Gasteiger partial charge in [0.2, 0.25) is 0 Å². The van der Waals surface area contributed by atoms with E-state index in [0.717, 1.165) is 11.1 Å². The van der Waals surface area contributed by atoms with E-state index in [1.165, 1.54) is 0 Å². The Kier molecular flexibility index (Phi) is 4.78. The Balaban J connectivity index is 2.19. The van der Waals surface area contributed by atoms with E-state index < -0.39 is 6.10 Å². The number of likely N-dealkylation sites (tertiary alicyclic amines) is 1. The molecule has 4 heteroatoms. The van der Waals surface area contributed by atoms with Gasteiger partial charge in [-0.2, -0.15) is 0 Å². The number of β-amino-alcohol motifs (C(OH)–C–C–N with tert-alkyl or cyclic N) is 1. The number of benzene rings is 1. The van der Waals surface area contributed by atoms with Gasteiger partial charge in [0.1, 0.15) is 0 Å². The molecule has 1 saturated heterocycles. The number of aryl methyl sites for hydroxylation is 1. The molecule has 1 heterocycles. The maximum Gasteiger partial charge on any atom is 0.253 e. The summed E-state index contributed by atoms with van der Waals surface area (Å²) in [5.74, 6) is 5.75. The van der Waals surface area contributed by atoms with E-state index >= 15 is 0 Å². The number of aliphatic hydroxyl groups excluding tert-OH is 2. The zero-order valence-corrected chi connectivity index (χ0v) is 11.6. The van der Waals surface area contributed by atoms with Crippen molar-refractivity contribution in [2.45, 2.75) is 25.9 Å². The van der Waals surface area contributed by atoms with Crippen LogP contribution in [0, 0.1) is 18.8 Å². The molecule has 20 heavy (non-hydrogen) atoms. The Morgan fingerprint density at radius 3 is 2.90 bits per heavy atom. The second-order valence-corrected chi connectivity index (χ2v) is 5.06. The van der Waals surface area contributed by atoms with Crippen LogP contribution in [0.2, 0.25) is 0 Å². The summed E-state index contributed by atoms with van der Waals surface area (Å²) in [5.41, 5.74) is 2.36. The molecule has 0 saturated carbocycles. The van der Waals surface area contributed by atoms with Crippen molar-refractivity contribution in [3.63, 3.8) is 0 Å². The van der Waals surface area contributed by atoms with Crippen LogP contribution in [0.1, 0.15) is 34.3 Å². The van der Waals surface area contributed by atoms with Crippen LogP contribution in [-0.2, 0) is 0 Å². The molecule has 0 aromatic heterocycles. The second kappa shape index (κ2) is 6.56. The van der Waals surface area contributed by atoms with Crippen molar-refractivity contribution in [3.05, 3.63) is 34.9 Å². The number of carbonyl (C=O) groups excluding carboxylic acids is 1. The molecule has 1 unspecified atom stereocenters. The van der Waals surface area contributed by atoms with Crippen LogP contribution in [0.5, 0.6) is 0 Å². The molecular formula is C16H19NO3. The molecule has 2 rings (SSSR count). The van der Waals surface area contributed by atoms with Gasteiger partial charge in [0.25, 0.3) is 5.91 Å². The quantitative estimate of drug-likeness (QED) is 0.788. The highest BCUT2D eigenvalue weighted by molar-refractivity contribution is 5.95. The van der Waals surface area contributed by atoms with Gasteiger partial charge in [0.05, 0.1) is 12.7 Å². The predicted octanol–water partition coefficient (Wildman–Crippen LogP) is 0.936. The van der Waals surface area contributed by atoms with Crippen molar-refractivity contribution in [3.8, 4) is 11.8 Å². The lowest BCUT2D eigenvalue weighted by Gasteiger charge is -2.16. The normalized spacial score (nSPS) is 17.8. The SMILES string of the molecule is Cc1cc(C#CCCO)cc(C(=O)N2CCC(O)C2)c1. The number of rotatable bonds is 2. The molecule has 1 aliphatic heterocycles. The second-order valence-electron chi connectivity index (χ2n) is 5.06. The van der Waals surface area contributed by atoms with Crippen molar-refractivity contribution in [2.24, 2.45) is 0 Å². The third kappa shape index (κ3) is 3.60. The van der Waals surface area contributed by atoms with Gasteiger partial charge in [-0.25, -0.2) is 0 Å². The molecule has 1 aromatic carbocycles. The molecule has 1 aliphatic rings. The summed E-state index contributed by atoms with van der Waals surface area (Å²) in [6.45, 7) is 2.96. The van der Waals surface area contributed by atoms with Crippen LogP contribution in [-0.4, -0.2) is 46.8 Å². The van der Waals surface area contributed by atoms with Gasteiger partial charge in [0.15, 0.2) is 0 Å². The number of carbonyl (C=O) groups is 1. The fourth-order valence-corrected chi connectivity index (χ4v) is 2.31. The number of hydrogen-bond acceptors (Lipinski definition) is 3. The van der Waals surface area contributed by atoms with Gasteiger partial charge in [-0.3, -0.25) is 4.79 Å². The van der Waals surface area contributed by atoms with E-state index in [1.54, 1.807) is 11.0 Å². The smallest absolute Gasteiger partial charge is 0.253 e. The van der Waals surface area contributed by atoms with Crippen LogP contribution < -0.4 is 0 Å². The van der Waals surface area contributed by atoms with Gasteiger partial charge < -0.3 is 15.1 Å². The standard InChI is InChI=1S/C16H19NO3/c1-12-8-13(4-2-3-7-18)10-14(9-12)16(20)17-6-5-15(19)11-17/h8-10,15,18-19H,3,5-7,11H2,1H3. The lowest BCUT2D eigenvalue weighted by molar-refractivity contribution is 0.0765. The van der Waals surface area contributed by atoms with Crippen LogP contribution in [0.3, 0.4) is 0 Å². The first kappa shape index (κ1) is 14.6. The summed E-state index contributed by atoms with van der Waals surface area (Å²) in [4.78, 5) is 14.0. The van der Waals surface area contributed by atoms with E-state index in [-0.39, 0.29) is 12.5 Å². The molecule has 1 aromatic rings. The lowest BCUT2D eigenvalue weighted by atomic mass is 10.1. The zero-order valence-electron chi connectivity index (χ0n) is 11.6. The Morgan fingerprint density at radius 1 is 1.45 bits per heavy atom. The van der Waals surface area contributed by atoms with Crippen LogP contribution in [0.25, 0.3) is 0 Å². The summed E-state index contributed by atoms with van der Waals surface area (Å²) in [6, 6.07) is 5.52. The summed E-state index contributed by atoms with van der Waals surface area (Å²) in [7, 11) is 0. The third-order valence-corrected chi connectivity index (χ3v) is 3.24. The Labute approximate surface area is 119 Å². The summed E-state index contributed by atoms with van der Waals surface area (Å²) in [5, 5.41) is 18.2. The number of aliphatic hydroxyl groups is 2. The molecule has 0 bridgehead atoms. The average Bonchev–Trinajstić information content (AvgIpc) is 2.84. The Hall–Kier alpha value is -1.83. The monoisotopic (exact) mass is 273 g/mol. The van der Waals surface area contributed by atoms with Crippen molar-refractivity contribution in [1.29, 1.82) is 0 Å². The van der Waals surface area contributed by atoms with Gasteiger partial charge >= 0.3 is 0 Å². The van der Waals surface area contributed by atoms with Crippen LogP contribution in [0.4, 0.5) is 0 Å². The fraction of sp³-hybridized carbons (Fsp3) is 0.438. The van der Waals surface area contributed by atoms with E-state index in [1.807, 2.05) is 19.1 Å². The van der Waals surface area contributed by atoms with E-state index in [2.05, 4.69) is 11.8 Å².